The summed E-state index contributed by atoms with van der Waals surface area (Å²) in [5.74, 6) is -0.199. The molecule has 1 aromatic carbocycles. The number of aromatic nitrogens is 2. The molecule has 124 valence electrons. The molecule has 0 saturated carbocycles. The summed E-state index contributed by atoms with van der Waals surface area (Å²) in [6.07, 6.45) is 3.34. The highest BCUT2D eigenvalue weighted by molar-refractivity contribution is 5.94. The number of hydrogen-bond donors (Lipinski definition) is 2. The molecule has 0 aliphatic heterocycles. The Labute approximate surface area is 137 Å². The molecule has 1 aromatic heterocycles. The summed E-state index contributed by atoms with van der Waals surface area (Å²) in [7, 11) is 1.79. The van der Waals surface area contributed by atoms with Gasteiger partial charge in [0.15, 0.2) is 0 Å². The van der Waals surface area contributed by atoms with Crippen molar-refractivity contribution in [2.24, 2.45) is 7.05 Å². The number of carbonyl (C=O) groups is 1. The van der Waals surface area contributed by atoms with Crippen LogP contribution in [0.3, 0.4) is 0 Å². The highest BCUT2D eigenvalue weighted by Crippen LogP contribution is 2.22. The molecule has 1 unspecified atom stereocenters. The Morgan fingerprint density at radius 3 is 2.26 bits per heavy atom. The lowest BCUT2D eigenvalue weighted by atomic mass is 9.86. The zero-order chi connectivity index (χ0) is 17.3. The van der Waals surface area contributed by atoms with Gasteiger partial charge in [-0.25, -0.2) is 0 Å². The first-order valence-electron chi connectivity index (χ1n) is 7.70. The third kappa shape index (κ3) is 4.20. The van der Waals surface area contributed by atoms with Crippen molar-refractivity contribution in [2.45, 2.75) is 38.7 Å². The van der Waals surface area contributed by atoms with E-state index in [1.807, 2.05) is 24.3 Å². The van der Waals surface area contributed by atoms with E-state index < -0.39 is 5.60 Å². The van der Waals surface area contributed by atoms with Crippen molar-refractivity contribution < 1.29 is 9.90 Å². The fraction of sp³-hybridized carbons (Fsp3) is 0.444. The Balaban J connectivity index is 2.02. The summed E-state index contributed by atoms with van der Waals surface area (Å²) >= 11 is 0. The maximum Gasteiger partial charge on any atom is 0.251 e. The predicted molar refractivity (Wildman–Crippen MR) is 90.3 cm³/mol. The smallest absolute Gasteiger partial charge is 0.251 e. The zero-order valence-corrected chi connectivity index (χ0v) is 14.4. The van der Waals surface area contributed by atoms with Crippen LogP contribution >= 0.6 is 0 Å². The number of amides is 1. The Morgan fingerprint density at radius 2 is 1.78 bits per heavy atom. The van der Waals surface area contributed by atoms with Crippen LogP contribution in [0.15, 0.2) is 36.7 Å². The first-order chi connectivity index (χ1) is 10.6. The molecule has 2 N–H and O–H groups in total. The summed E-state index contributed by atoms with van der Waals surface area (Å²) in [5, 5.41) is 17.3. The number of carbonyl (C=O) groups excluding carboxylic acids is 1. The van der Waals surface area contributed by atoms with Crippen molar-refractivity contribution in [2.75, 3.05) is 6.54 Å². The van der Waals surface area contributed by atoms with E-state index in [0.717, 1.165) is 0 Å². The van der Waals surface area contributed by atoms with Crippen LogP contribution in [-0.2, 0) is 18.1 Å². The van der Waals surface area contributed by atoms with Gasteiger partial charge in [-0.2, -0.15) is 5.10 Å². The van der Waals surface area contributed by atoms with Gasteiger partial charge in [0, 0.05) is 24.4 Å². The zero-order valence-electron chi connectivity index (χ0n) is 14.4. The molecule has 5 nitrogen and oxygen atoms in total. The number of nitrogens with zero attached hydrogens (tertiary/aromatic N) is 2. The average Bonchev–Trinajstić information content (AvgIpc) is 2.91. The van der Waals surface area contributed by atoms with E-state index in [9.17, 15) is 9.90 Å². The molecule has 1 heterocycles. The number of aliphatic hydroxyl groups is 1. The Morgan fingerprint density at radius 1 is 1.17 bits per heavy atom. The quantitative estimate of drug-likeness (QED) is 0.910. The largest absolute Gasteiger partial charge is 0.383 e. The van der Waals surface area contributed by atoms with E-state index in [1.165, 1.54) is 5.56 Å². The minimum Gasteiger partial charge on any atom is -0.383 e. The van der Waals surface area contributed by atoms with Crippen LogP contribution in [0, 0.1) is 0 Å². The molecule has 0 radical (unpaired) electrons. The van der Waals surface area contributed by atoms with Gasteiger partial charge in [-0.05, 0) is 30.0 Å². The van der Waals surface area contributed by atoms with Crippen molar-refractivity contribution in [1.29, 1.82) is 0 Å². The molecule has 0 saturated heterocycles. The van der Waals surface area contributed by atoms with Gasteiger partial charge in [0.25, 0.3) is 5.91 Å². The molecule has 0 aliphatic rings. The third-order valence-corrected chi connectivity index (χ3v) is 3.93. The second kappa shape index (κ2) is 6.16. The fourth-order valence-electron chi connectivity index (χ4n) is 2.28. The van der Waals surface area contributed by atoms with Crippen LogP contribution in [0.1, 0.15) is 49.2 Å². The topological polar surface area (TPSA) is 67.2 Å². The molecule has 0 bridgehead atoms. The van der Waals surface area contributed by atoms with Crippen molar-refractivity contribution in [3.63, 3.8) is 0 Å². The van der Waals surface area contributed by atoms with Crippen molar-refractivity contribution in [3.05, 3.63) is 53.3 Å². The molecule has 1 atom stereocenters. The lowest BCUT2D eigenvalue weighted by Crippen LogP contribution is -2.38. The molecular weight excluding hydrogens is 290 g/mol. The first kappa shape index (κ1) is 17.2. The van der Waals surface area contributed by atoms with Gasteiger partial charge in [-0.15, -0.1) is 0 Å². The molecule has 1 amide bonds. The lowest BCUT2D eigenvalue weighted by molar-refractivity contribution is 0.0526. The van der Waals surface area contributed by atoms with Gasteiger partial charge in [-0.1, -0.05) is 32.9 Å². The van der Waals surface area contributed by atoms with Crippen molar-refractivity contribution in [3.8, 4) is 0 Å². The second-order valence-electron chi connectivity index (χ2n) is 7.19. The van der Waals surface area contributed by atoms with E-state index in [4.69, 9.17) is 0 Å². The van der Waals surface area contributed by atoms with Crippen LogP contribution in [0.5, 0.6) is 0 Å². The number of rotatable bonds is 4. The summed E-state index contributed by atoms with van der Waals surface area (Å²) in [4.78, 5) is 12.2. The van der Waals surface area contributed by atoms with E-state index in [-0.39, 0.29) is 17.9 Å². The van der Waals surface area contributed by atoms with Gasteiger partial charge < -0.3 is 10.4 Å². The number of benzene rings is 1. The summed E-state index contributed by atoms with van der Waals surface area (Å²) in [6, 6.07) is 7.56. The highest BCUT2D eigenvalue weighted by atomic mass is 16.3. The molecule has 0 fully saturated rings. The number of nitrogens with one attached hydrogen (secondary N) is 1. The average molecular weight is 315 g/mol. The van der Waals surface area contributed by atoms with E-state index in [0.29, 0.717) is 11.1 Å². The van der Waals surface area contributed by atoms with Crippen LogP contribution in [0.25, 0.3) is 0 Å². The lowest BCUT2D eigenvalue weighted by Gasteiger charge is -2.22. The van der Waals surface area contributed by atoms with E-state index in [2.05, 4.69) is 31.2 Å². The van der Waals surface area contributed by atoms with Gasteiger partial charge in [0.1, 0.15) is 5.60 Å². The number of hydrogen-bond acceptors (Lipinski definition) is 3. The van der Waals surface area contributed by atoms with Gasteiger partial charge in [0.2, 0.25) is 0 Å². The third-order valence-electron chi connectivity index (χ3n) is 3.93. The molecule has 2 aromatic rings. The predicted octanol–water partition coefficient (Wildman–Crippen LogP) is 2.36. The Kier molecular flexibility index (Phi) is 4.61. The van der Waals surface area contributed by atoms with Crippen LogP contribution < -0.4 is 5.32 Å². The second-order valence-corrected chi connectivity index (χ2v) is 7.19. The standard InChI is InChI=1S/C18H25N3O2/c1-17(2,3)14-8-6-13(7-9-14)16(22)19-12-18(4,23)15-10-20-21(5)11-15/h6-11,23H,12H2,1-5H3,(H,19,22). The SMILES string of the molecule is Cn1cc(C(C)(O)CNC(=O)c2ccc(C(C)(C)C)cc2)cn1. The van der Waals surface area contributed by atoms with E-state index >= 15 is 0 Å². The van der Waals surface area contributed by atoms with Gasteiger partial charge in [-0.3, -0.25) is 9.48 Å². The van der Waals surface area contributed by atoms with Crippen LogP contribution in [-0.4, -0.2) is 27.3 Å². The summed E-state index contributed by atoms with van der Waals surface area (Å²) in [5.41, 5.74) is 1.33. The monoisotopic (exact) mass is 315 g/mol. The van der Waals surface area contributed by atoms with Crippen molar-refractivity contribution in [1.82, 2.24) is 15.1 Å². The Hall–Kier alpha value is -2.14. The maximum absolute atomic E-state index is 12.2. The molecule has 5 heteroatoms. The molecule has 0 aliphatic carbocycles. The Bertz CT molecular complexity index is 679. The normalized spacial score (nSPS) is 14.3. The minimum atomic E-state index is -1.16. The molecule has 2 rings (SSSR count). The van der Waals surface area contributed by atoms with Crippen molar-refractivity contribution >= 4 is 5.91 Å². The molecule has 23 heavy (non-hydrogen) atoms. The minimum absolute atomic E-state index is 0.0546. The first-order valence-corrected chi connectivity index (χ1v) is 7.70. The van der Waals surface area contributed by atoms with E-state index in [1.54, 1.807) is 31.0 Å². The van der Waals surface area contributed by atoms with Gasteiger partial charge in [0.05, 0.1) is 12.7 Å². The fourth-order valence-corrected chi connectivity index (χ4v) is 2.28. The maximum atomic E-state index is 12.2. The summed E-state index contributed by atoms with van der Waals surface area (Å²) in [6.45, 7) is 8.18. The number of aryl methyl sites for hydroxylation is 1. The van der Waals surface area contributed by atoms with Crippen LogP contribution in [0.4, 0.5) is 0 Å². The summed E-state index contributed by atoms with van der Waals surface area (Å²) < 4.78 is 1.62. The van der Waals surface area contributed by atoms with Crippen LogP contribution in [0.2, 0.25) is 0 Å². The van der Waals surface area contributed by atoms with Gasteiger partial charge >= 0.3 is 0 Å². The highest BCUT2D eigenvalue weighted by Gasteiger charge is 2.25. The molecule has 0 spiro atoms. The molecular formula is C18H25N3O2.